The summed E-state index contributed by atoms with van der Waals surface area (Å²) in [5.74, 6) is 0.700. The maximum Gasteiger partial charge on any atom is 0.442 e. The molecule has 1 fully saturated rings. The molecule has 2 unspecified atom stereocenters. The first kappa shape index (κ1) is 16.0. The number of nitrogens with zero attached hydrogens (tertiary/aromatic N) is 1. The molecule has 21 heavy (non-hydrogen) atoms. The highest BCUT2D eigenvalue weighted by Crippen LogP contribution is 2.20. The van der Waals surface area contributed by atoms with Gasteiger partial charge in [0.15, 0.2) is 0 Å². The normalized spacial score (nSPS) is 26.1. The highest BCUT2D eigenvalue weighted by molar-refractivity contribution is 7.94. The van der Waals surface area contributed by atoms with E-state index in [9.17, 15) is 9.00 Å². The number of amides is 1. The van der Waals surface area contributed by atoms with Gasteiger partial charge in [0.2, 0.25) is 0 Å². The molecule has 1 saturated heterocycles. The molecule has 1 aromatic carbocycles. The molecule has 1 aromatic rings. The van der Waals surface area contributed by atoms with Gasteiger partial charge in [0.1, 0.15) is 5.60 Å². The smallest absolute Gasteiger partial charge is 0.442 e. The minimum Gasteiger partial charge on any atom is -0.442 e. The van der Waals surface area contributed by atoms with Gasteiger partial charge < -0.3 is 10.1 Å². The van der Waals surface area contributed by atoms with Gasteiger partial charge in [0, 0.05) is 18.3 Å². The van der Waals surface area contributed by atoms with E-state index < -0.39 is 21.4 Å². The molecule has 1 N–H and O–H groups in total. The van der Waals surface area contributed by atoms with E-state index in [1.165, 1.54) is 0 Å². The minimum atomic E-state index is -2.57. The highest BCUT2D eigenvalue weighted by atomic mass is 32.2. The number of hydrogen-bond donors (Lipinski definition) is 1. The second-order valence-corrected chi connectivity index (χ2v) is 8.60. The Bertz CT molecular complexity index is 614. The Morgan fingerprint density at radius 3 is 2.62 bits per heavy atom. The van der Waals surface area contributed by atoms with Crippen molar-refractivity contribution in [2.45, 2.75) is 32.4 Å². The van der Waals surface area contributed by atoms with Crippen molar-refractivity contribution in [2.24, 2.45) is 4.36 Å². The summed E-state index contributed by atoms with van der Waals surface area (Å²) in [4.78, 5) is 11.8. The summed E-state index contributed by atoms with van der Waals surface area (Å²) in [5, 5.41) is 3.32. The molecule has 2 rings (SSSR count). The van der Waals surface area contributed by atoms with Crippen molar-refractivity contribution in [1.82, 2.24) is 5.32 Å². The lowest BCUT2D eigenvalue weighted by atomic mass is 10.1. The minimum absolute atomic E-state index is 0.0429. The first-order valence-corrected chi connectivity index (χ1v) is 8.87. The third-order valence-electron chi connectivity index (χ3n) is 3.08. The molecule has 1 aliphatic heterocycles. The van der Waals surface area contributed by atoms with Gasteiger partial charge in [-0.1, -0.05) is 30.3 Å². The summed E-state index contributed by atoms with van der Waals surface area (Å²) in [5.41, 5.74) is 0.437. The molecule has 0 spiro atoms. The van der Waals surface area contributed by atoms with Crippen LogP contribution in [0.15, 0.2) is 34.7 Å². The summed E-state index contributed by atoms with van der Waals surface area (Å²) in [7, 11) is -2.57. The van der Waals surface area contributed by atoms with E-state index >= 15 is 0 Å². The number of rotatable bonds is 1. The van der Waals surface area contributed by atoms with Crippen molar-refractivity contribution >= 4 is 15.8 Å². The zero-order valence-electron chi connectivity index (χ0n) is 12.7. The summed E-state index contributed by atoms with van der Waals surface area (Å²) >= 11 is 0. The average Bonchev–Trinajstić information content (AvgIpc) is 2.36. The molecule has 2 atom stereocenters. The third kappa shape index (κ3) is 4.82. The van der Waals surface area contributed by atoms with E-state index in [4.69, 9.17) is 4.74 Å². The Morgan fingerprint density at radius 2 is 2.00 bits per heavy atom. The summed E-state index contributed by atoms with van der Waals surface area (Å²) in [6.07, 6.45) is -0.735. The zero-order valence-corrected chi connectivity index (χ0v) is 13.5. The van der Waals surface area contributed by atoms with E-state index in [0.29, 0.717) is 18.1 Å². The van der Waals surface area contributed by atoms with E-state index in [1.54, 1.807) is 20.8 Å². The van der Waals surface area contributed by atoms with Crippen molar-refractivity contribution in [1.29, 1.82) is 0 Å². The van der Waals surface area contributed by atoms with Crippen LogP contribution in [0.1, 0.15) is 32.4 Å². The second-order valence-electron chi connectivity index (χ2n) is 6.13. The van der Waals surface area contributed by atoms with E-state index in [1.807, 2.05) is 30.3 Å². The molecule has 1 aliphatic rings. The van der Waals surface area contributed by atoms with Crippen LogP contribution in [-0.2, 0) is 14.5 Å². The number of carbonyl (C=O) groups is 1. The molecule has 5 nitrogen and oxygen atoms in total. The standard InChI is InChI=1S/C15H22N2O3S/c1-15(2,3)20-14(18)17-21(19)10-9-16-13(11-21)12-7-5-4-6-8-12/h4-8,13,16H,9-11H2,1-3H3. The zero-order chi connectivity index (χ0) is 15.5. The Kier molecular flexibility index (Phi) is 4.68. The molecule has 1 amide bonds. The lowest BCUT2D eigenvalue weighted by Gasteiger charge is -2.26. The summed E-state index contributed by atoms with van der Waals surface area (Å²) in [6.45, 7) is 5.87. The molecule has 0 aliphatic carbocycles. The maximum atomic E-state index is 12.8. The van der Waals surface area contributed by atoms with Gasteiger partial charge in [-0.25, -0.2) is 9.00 Å². The molecular weight excluding hydrogens is 288 g/mol. The molecule has 0 radical (unpaired) electrons. The maximum absolute atomic E-state index is 12.8. The second kappa shape index (κ2) is 6.15. The van der Waals surface area contributed by atoms with Gasteiger partial charge in [-0.3, -0.25) is 0 Å². The van der Waals surface area contributed by atoms with Crippen molar-refractivity contribution < 1.29 is 13.7 Å². The van der Waals surface area contributed by atoms with Crippen molar-refractivity contribution in [3.8, 4) is 0 Å². The van der Waals surface area contributed by atoms with Gasteiger partial charge >= 0.3 is 6.09 Å². The van der Waals surface area contributed by atoms with Gasteiger partial charge in [-0.15, -0.1) is 4.36 Å². The molecule has 116 valence electrons. The van der Waals surface area contributed by atoms with E-state index in [2.05, 4.69) is 9.68 Å². The number of ether oxygens (including phenoxy) is 1. The predicted octanol–water partition coefficient (Wildman–Crippen LogP) is 2.73. The fraction of sp³-hybridized carbons (Fsp3) is 0.533. The molecular formula is C15H22N2O3S. The van der Waals surface area contributed by atoms with Crippen LogP contribution in [0.4, 0.5) is 4.79 Å². The van der Waals surface area contributed by atoms with Crippen LogP contribution in [0, 0.1) is 0 Å². The van der Waals surface area contributed by atoms with Gasteiger partial charge in [0.05, 0.1) is 15.5 Å². The number of hydrogen-bond acceptors (Lipinski definition) is 4. The summed E-state index contributed by atoms with van der Waals surface area (Å²) < 4.78 is 21.8. The quantitative estimate of drug-likeness (QED) is 0.866. The topological polar surface area (TPSA) is 67.8 Å². The largest absolute Gasteiger partial charge is 0.442 e. The van der Waals surface area contributed by atoms with Crippen LogP contribution in [-0.4, -0.2) is 34.0 Å². The SMILES string of the molecule is CC(C)(C)OC(=O)N=S1(=O)CCNC(c2ccccc2)C1. The van der Waals surface area contributed by atoms with Crippen molar-refractivity contribution in [3.63, 3.8) is 0 Å². The van der Waals surface area contributed by atoms with Gasteiger partial charge in [0.25, 0.3) is 0 Å². The predicted molar refractivity (Wildman–Crippen MR) is 83.7 cm³/mol. The first-order chi connectivity index (χ1) is 9.77. The molecule has 6 heteroatoms. The molecule has 0 saturated carbocycles. The van der Waals surface area contributed by atoms with E-state index in [0.717, 1.165) is 5.56 Å². The van der Waals surface area contributed by atoms with E-state index in [-0.39, 0.29) is 6.04 Å². The fourth-order valence-electron chi connectivity index (χ4n) is 2.19. The number of benzene rings is 1. The molecule has 1 heterocycles. The van der Waals surface area contributed by atoms with Gasteiger partial charge in [-0.05, 0) is 26.3 Å². The Hall–Kier alpha value is -1.40. The summed E-state index contributed by atoms with van der Waals surface area (Å²) in [6, 6.07) is 9.75. The van der Waals surface area contributed by atoms with Crippen LogP contribution < -0.4 is 5.32 Å². The molecule has 0 bridgehead atoms. The molecule has 0 aromatic heterocycles. The first-order valence-electron chi connectivity index (χ1n) is 7.01. The van der Waals surface area contributed by atoms with Crippen molar-refractivity contribution in [2.75, 3.05) is 18.1 Å². The monoisotopic (exact) mass is 310 g/mol. The van der Waals surface area contributed by atoms with Gasteiger partial charge in [-0.2, -0.15) is 0 Å². The Labute approximate surface area is 126 Å². The number of nitrogens with one attached hydrogen (secondary N) is 1. The third-order valence-corrected chi connectivity index (χ3v) is 5.25. The Morgan fingerprint density at radius 1 is 1.33 bits per heavy atom. The lowest BCUT2D eigenvalue weighted by molar-refractivity contribution is 0.0607. The van der Waals surface area contributed by atoms with Crippen LogP contribution in [0.25, 0.3) is 0 Å². The van der Waals surface area contributed by atoms with Crippen LogP contribution in [0.2, 0.25) is 0 Å². The lowest BCUT2D eigenvalue weighted by Crippen LogP contribution is -2.39. The van der Waals surface area contributed by atoms with Crippen LogP contribution in [0.3, 0.4) is 0 Å². The highest BCUT2D eigenvalue weighted by Gasteiger charge is 2.26. The Balaban J connectivity index is 2.15. The van der Waals surface area contributed by atoms with Crippen LogP contribution in [0.5, 0.6) is 0 Å². The van der Waals surface area contributed by atoms with Crippen LogP contribution >= 0.6 is 0 Å². The fourth-order valence-corrected chi connectivity index (χ4v) is 4.10. The average molecular weight is 310 g/mol. The van der Waals surface area contributed by atoms with Crippen molar-refractivity contribution in [3.05, 3.63) is 35.9 Å². The number of carbonyl (C=O) groups excluding carboxylic acids is 1.